The number of pyridine rings is 1. The van der Waals surface area contributed by atoms with Crippen LogP contribution in [0.25, 0.3) is 0 Å². The van der Waals surface area contributed by atoms with Crippen LogP contribution in [0.1, 0.15) is 13.3 Å². The molecule has 1 heterocycles. The predicted molar refractivity (Wildman–Crippen MR) is 78.6 cm³/mol. The van der Waals surface area contributed by atoms with Gasteiger partial charge in [-0.25, -0.2) is 0 Å². The maximum absolute atomic E-state index is 11.4. The lowest BCUT2D eigenvalue weighted by atomic mass is 10.3. The molecule has 0 fully saturated rings. The van der Waals surface area contributed by atoms with Crippen molar-refractivity contribution in [2.45, 2.75) is 19.4 Å². The van der Waals surface area contributed by atoms with E-state index in [9.17, 15) is 9.59 Å². The van der Waals surface area contributed by atoms with Crippen molar-refractivity contribution in [3.05, 3.63) is 24.5 Å². The molecule has 1 aromatic rings. The van der Waals surface area contributed by atoms with Gasteiger partial charge in [0.25, 0.3) is 0 Å². The monoisotopic (exact) mass is 308 g/mol. The Labute approximate surface area is 124 Å². The van der Waals surface area contributed by atoms with Crippen molar-refractivity contribution >= 4 is 42.3 Å². The van der Waals surface area contributed by atoms with Crippen LogP contribution < -0.4 is 16.4 Å². The first kappa shape index (κ1) is 20.0. The summed E-state index contributed by atoms with van der Waals surface area (Å²) in [5.41, 5.74) is 6.04. The molecular weight excluding hydrogens is 291 g/mol. The highest BCUT2D eigenvalue weighted by Gasteiger charge is 2.07. The van der Waals surface area contributed by atoms with Crippen LogP contribution in [0.4, 0.5) is 5.69 Å². The summed E-state index contributed by atoms with van der Waals surface area (Å²) in [6, 6.07) is 2.83. The first-order valence-electron chi connectivity index (χ1n) is 5.33. The van der Waals surface area contributed by atoms with Crippen molar-refractivity contribution in [2.24, 2.45) is 5.73 Å². The molecule has 108 valence electrons. The number of amides is 2. The molecular formula is C11H18Cl2N4O2. The number of carbonyl (C=O) groups excluding carboxylic acids is 2. The van der Waals surface area contributed by atoms with E-state index in [4.69, 9.17) is 5.73 Å². The third-order valence-corrected chi connectivity index (χ3v) is 2.03. The van der Waals surface area contributed by atoms with Crippen molar-refractivity contribution in [2.75, 3.05) is 11.9 Å². The van der Waals surface area contributed by atoms with Gasteiger partial charge in [0, 0.05) is 31.0 Å². The summed E-state index contributed by atoms with van der Waals surface area (Å²) < 4.78 is 0. The summed E-state index contributed by atoms with van der Waals surface area (Å²) in [4.78, 5) is 26.4. The van der Waals surface area contributed by atoms with E-state index in [1.807, 2.05) is 0 Å². The van der Waals surface area contributed by atoms with Gasteiger partial charge in [0.15, 0.2) is 0 Å². The molecule has 1 atom stereocenters. The number of halogens is 2. The molecule has 0 radical (unpaired) electrons. The van der Waals surface area contributed by atoms with E-state index in [1.54, 1.807) is 31.5 Å². The van der Waals surface area contributed by atoms with Crippen LogP contribution in [-0.2, 0) is 9.59 Å². The van der Waals surface area contributed by atoms with Gasteiger partial charge in [0.05, 0.1) is 6.04 Å². The zero-order valence-corrected chi connectivity index (χ0v) is 12.1. The highest BCUT2D eigenvalue weighted by Crippen LogP contribution is 2.03. The lowest BCUT2D eigenvalue weighted by Gasteiger charge is -2.08. The Morgan fingerprint density at radius 2 is 1.89 bits per heavy atom. The van der Waals surface area contributed by atoms with Crippen LogP contribution in [-0.4, -0.2) is 29.4 Å². The van der Waals surface area contributed by atoms with E-state index in [0.29, 0.717) is 5.69 Å². The second-order valence-electron chi connectivity index (χ2n) is 3.61. The molecule has 2 amide bonds. The number of nitrogens with two attached hydrogens (primary N) is 1. The SMILES string of the molecule is C[C@@H](N)C(=O)NCCC(=O)Nc1ccncc1.Cl.Cl. The average molecular weight is 309 g/mol. The Morgan fingerprint density at radius 1 is 1.32 bits per heavy atom. The number of aromatic nitrogens is 1. The molecule has 0 aliphatic rings. The number of hydrogen-bond donors (Lipinski definition) is 3. The highest BCUT2D eigenvalue weighted by atomic mass is 35.5. The summed E-state index contributed by atoms with van der Waals surface area (Å²) in [6.07, 6.45) is 3.39. The van der Waals surface area contributed by atoms with E-state index in [2.05, 4.69) is 15.6 Å². The summed E-state index contributed by atoms with van der Waals surface area (Å²) in [7, 11) is 0. The maximum Gasteiger partial charge on any atom is 0.236 e. The second-order valence-corrected chi connectivity index (χ2v) is 3.61. The zero-order chi connectivity index (χ0) is 12.7. The third kappa shape index (κ3) is 8.36. The van der Waals surface area contributed by atoms with Crippen LogP contribution in [0, 0.1) is 0 Å². The van der Waals surface area contributed by atoms with Crippen LogP contribution in [0.5, 0.6) is 0 Å². The van der Waals surface area contributed by atoms with Gasteiger partial charge in [-0.1, -0.05) is 0 Å². The van der Waals surface area contributed by atoms with E-state index in [0.717, 1.165) is 0 Å². The Hall–Kier alpha value is -1.37. The van der Waals surface area contributed by atoms with E-state index in [-0.39, 0.29) is 49.6 Å². The highest BCUT2D eigenvalue weighted by molar-refractivity contribution is 5.91. The molecule has 6 nitrogen and oxygen atoms in total. The van der Waals surface area contributed by atoms with Crippen LogP contribution in [0.3, 0.4) is 0 Å². The molecule has 0 aliphatic heterocycles. The quantitative estimate of drug-likeness (QED) is 0.746. The van der Waals surface area contributed by atoms with Crippen LogP contribution in [0.2, 0.25) is 0 Å². The fraction of sp³-hybridized carbons (Fsp3) is 0.364. The maximum atomic E-state index is 11.4. The molecule has 19 heavy (non-hydrogen) atoms. The first-order chi connectivity index (χ1) is 8.09. The van der Waals surface area contributed by atoms with Gasteiger partial charge in [-0.2, -0.15) is 0 Å². The smallest absolute Gasteiger partial charge is 0.236 e. The number of carbonyl (C=O) groups is 2. The molecule has 1 aromatic heterocycles. The number of hydrogen-bond acceptors (Lipinski definition) is 4. The Morgan fingerprint density at radius 3 is 2.42 bits per heavy atom. The Bertz CT molecular complexity index is 388. The molecule has 8 heteroatoms. The number of nitrogens with one attached hydrogen (secondary N) is 2. The largest absolute Gasteiger partial charge is 0.354 e. The Kier molecular flexibility index (Phi) is 11.1. The number of rotatable bonds is 5. The van der Waals surface area contributed by atoms with Gasteiger partial charge < -0.3 is 16.4 Å². The lowest BCUT2D eigenvalue weighted by Crippen LogP contribution is -2.39. The van der Waals surface area contributed by atoms with Crippen LogP contribution >= 0.6 is 24.8 Å². The normalized spacial score (nSPS) is 10.4. The van der Waals surface area contributed by atoms with Gasteiger partial charge in [0.1, 0.15) is 0 Å². The average Bonchev–Trinajstić information content (AvgIpc) is 2.30. The van der Waals surface area contributed by atoms with Crippen molar-refractivity contribution in [1.82, 2.24) is 10.3 Å². The van der Waals surface area contributed by atoms with Crippen molar-refractivity contribution in [1.29, 1.82) is 0 Å². The summed E-state index contributed by atoms with van der Waals surface area (Å²) in [6.45, 7) is 1.86. The fourth-order valence-corrected chi connectivity index (χ4v) is 1.12. The van der Waals surface area contributed by atoms with E-state index >= 15 is 0 Å². The first-order valence-corrected chi connectivity index (χ1v) is 5.33. The molecule has 0 unspecified atom stereocenters. The van der Waals surface area contributed by atoms with Gasteiger partial charge in [0.2, 0.25) is 11.8 Å². The Balaban J connectivity index is 0. The van der Waals surface area contributed by atoms with E-state index < -0.39 is 6.04 Å². The molecule has 0 saturated carbocycles. The zero-order valence-electron chi connectivity index (χ0n) is 10.5. The topological polar surface area (TPSA) is 97.1 Å². The van der Waals surface area contributed by atoms with Crippen molar-refractivity contribution in [3.63, 3.8) is 0 Å². The minimum absolute atomic E-state index is 0. The summed E-state index contributed by atoms with van der Waals surface area (Å²) in [5.74, 6) is -0.428. The molecule has 0 aliphatic carbocycles. The van der Waals surface area contributed by atoms with Gasteiger partial charge in [-0.05, 0) is 19.1 Å². The third-order valence-electron chi connectivity index (χ3n) is 2.03. The lowest BCUT2D eigenvalue weighted by molar-refractivity contribution is -0.122. The minimum Gasteiger partial charge on any atom is -0.354 e. The van der Waals surface area contributed by atoms with Crippen molar-refractivity contribution < 1.29 is 9.59 Å². The molecule has 0 bridgehead atoms. The van der Waals surface area contributed by atoms with Gasteiger partial charge in [-0.15, -0.1) is 24.8 Å². The minimum atomic E-state index is -0.557. The second kappa shape index (κ2) is 10.5. The van der Waals surface area contributed by atoms with Gasteiger partial charge in [-0.3, -0.25) is 14.6 Å². The molecule has 0 aromatic carbocycles. The van der Waals surface area contributed by atoms with Crippen LogP contribution in [0.15, 0.2) is 24.5 Å². The predicted octanol–water partition coefficient (Wildman–Crippen LogP) is 0.717. The standard InChI is InChI=1S/C11H16N4O2.2ClH/c1-8(12)11(17)14-7-4-10(16)15-9-2-5-13-6-3-9;;/h2-3,5-6,8H,4,7,12H2,1H3,(H,14,17)(H,13,15,16);2*1H/t8-;;/m1../s1. The summed E-state index contributed by atoms with van der Waals surface area (Å²) >= 11 is 0. The summed E-state index contributed by atoms with van der Waals surface area (Å²) in [5, 5.41) is 5.25. The molecule has 4 N–H and O–H groups in total. The fourth-order valence-electron chi connectivity index (χ4n) is 1.12. The molecule has 0 saturated heterocycles. The van der Waals surface area contributed by atoms with Gasteiger partial charge >= 0.3 is 0 Å². The number of nitrogens with zero attached hydrogens (tertiary/aromatic N) is 1. The van der Waals surface area contributed by atoms with E-state index in [1.165, 1.54) is 0 Å². The number of anilines is 1. The molecule has 1 rings (SSSR count). The molecule has 0 spiro atoms. The van der Waals surface area contributed by atoms with Crippen molar-refractivity contribution in [3.8, 4) is 0 Å².